The van der Waals surface area contributed by atoms with Gasteiger partial charge in [-0.3, -0.25) is 4.79 Å². The van der Waals surface area contributed by atoms with E-state index in [2.05, 4.69) is 4.72 Å². The quantitative estimate of drug-likeness (QED) is 0.344. The van der Waals surface area contributed by atoms with Crippen molar-refractivity contribution >= 4 is 17.3 Å². The van der Waals surface area contributed by atoms with Crippen molar-refractivity contribution < 1.29 is 40.4 Å². The number of likely N-dealkylation sites (tertiary alicyclic amines) is 1. The van der Waals surface area contributed by atoms with Crippen LogP contribution in [-0.2, 0) is 27.3 Å². The molecular formula is C23H22F6N2O3S. The highest BCUT2D eigenvalue weighted by molar-refractivity contribution is 7.89. The van der Waals surface area contributed by atoms with Gasteiger partial charge in [-0.2, -0.15) is 0 Å². The van der Waals surface area contributed by atoms with Crippen molar-refractivity contribution in [2.24, 2.45) is 0 Å². The van der Waals surface area contributed by atoms with Crippen LogP contribution >= 0.6 is 0 Å². The van der Waals surface area contributed by atoms with Gasteiger partial charge in [0.1, 0.15) is 23.7 Å². The van der Waals surface area contributed by atoms with Crippen molar-refractivity contribution in [1.82, 2.24) is 9.62 Å². The molecule has 0 aliphatic carbocycles. The minimum atomic E-state index is -3.48. The fourth-order valence-electron chi connectivity index (χ4n) is 4.28. The van der Waals surface area contributed by atoms with Crippen molar-refractivity contribution in [2.75, 3.05) is 18.9 Å². The Kier molecular flexibility index (Phi) is 7.37. The molecule has 0 spiro atoms. The summed E-state index contributed by atoms with van der Waals surface area (Å²) in [6.45, 7) is 0.854. The smallest absolute Gasteiger partial charge is 0.286 e. The monoisotopic (exact) mass is 520 g/mol. The summed E-state index contributed by atoms with van der Waals surface area (Å²) in [5.41, 5.74) is -1.10. The minimum absolute atomic E-state index is 0.0260. The van der Waals surface area contributed by atoms with Crippen LogP contribution in [0.5, 0.6) is 0 Å². The van der Waals surface area contributed by atoms with E-state index in [1.807, 2.05) is 0 Å². The Morgan fingerprint density at radius 1 is 1.14 bits per heavy atom. The fraction of sp³-hybridized carbons (Fsp3) is 0.435. The zero-order valence-corrected chi connectivity index (χ0v) is 19.3. The average molecular weight is 520 g/mol. The Bertz CT molecular complexity index is 1120. The summed E-state index contributed by atoms with van der Waals surface area (Å²) in [5, 5.41) is 0. The first-order chi connectivity index (χ1) is 16.5. The van der Waals surface area contributed by atoms with Gasteiger partial charge < -0.3 is 14.2 Å². The SMILES string of the molecule is CC[S+]([O-])N[C@@H]1[C@H](Cc2cccc(-c3ccc(F)c(F)c3F)c2F)N(C(=O)C2CCO2)CC1(F)F. The summed E-state index contributed by atoms with van der Waals surface area (Å²) in [5.74, 6) is -9.98. The molecule has 2 aromatic carbocycles. The van der Waals surface area contributed by atoms with Gasteiger partial charge in [-0.1, -0.05) is 18.2 Å². The van der Waals surface area contributed by atoms with Gasteiger partial charge in [0.25, 0.3) is 11.8 Å². The van der Waals surface area contributed by atoms with Crippen molar-refractivity contribution in [2.45, 2.75) is 43.9 Å². The standard InChI is InChI=1S/C23H22F6N2O3S/c1-2-35(33)30-21-16(31(11-23(21,28)29)22(32)17-8-9-34-17)10-12-4-3-5-13(18(12)25)14-6-7-15(24)20(27)19(14)26/h3-7,16-17,21,30H,2,8-11H2,1H3/t16-,17?,21+,35?/m0/s1. The number of halogens is 6. The second-order valence-corrected chi connectivity index (χ2v) is 9.88. The number of hydrogen-bond donors (Lipinski definition) is 1. The highest BCUT2D eigenvalue weighted by Crippen LogP contribution is 2.38. The van der Waals surface area contributed by atoms with Gasteiger partial charge in [-0.25, -0.2) is 26.3 Å². The second kappa shape index (κ2) is 10.00. The van der Waals surface area contributed by atoms with Crippen LogP contribution in [0.1, 0.15) is 18.9 Å². The predicted molar refractivity (Wildman–Crippen MR) is 116 cm³/mol. The van der Waals surface area contributed by atoms with Gasteiger partial charge in [0.15, 0.2) is 17.5 Å². The molecule has 2 unspecified atom stereocenters. The molecule has 12 heteroatoms. The molecule has 0 radical (unpaired) electrons. The number of nitrogens with zero attached hydrogens (tertiary/aromatic N) is 1. The van der Waals surface area contributed by atoms with Gasteiger partial charge in [0.05, 0.1) is 19.2 Å². The third kappa shape index (κ3) is 4.89. The Hall–Kier alpha value is -2.28. The highest BCUT2D eigenvalue weighted by atomic mass is 32.2. The predicted octanol–water partition coefficient (Wildman–Crippen LogP) is 3.73. The summed E-state index contributed by atoms with van der Waals surface area (Å²) < 4.78 is 106. The first-order valence-corrected chi connectivity index (χ1v) is 12.2. The van der Waals surface area contributed by atoms with Gasteiger partial charge in [-0.15, -0.1) is 4.72 Å². The van der Waals surface area contributed by atoms with E-state index in [0.29, 0.717) is 19.1 Å². The van der Waals surface area contributed by atoms with Crippen LogP contribution in [0.3, 0.4) is 0 Å². The summed E-state index contributed by atoms with van der Waals surface area (Å²) in [7, 11) is 0. The van der Waals surface area contributed by atoms with Crippen LogP contribution in [0.4, 0.5) is 26.3 Å². The molecule has 4 rings (SSSR count). The molecule has 5 nitrogen and oxygen atoms in total. The number of alkyl halides is 2. The first-order valence-electron chi connectivity index (χ1n) is 10.9. The maximum Gasteiger partial charge on any atom is 0.286 e. The lowest BCUT2D eigenvalue weighted by atomic mass is 9.94. The molecule has 2 fully saturated rings. The van der Waals surface area contributed by atoms with Crippen LogP contribution in [0.25, 0.3) is 11.1 Å². The number of carbonyl (C=O) groups excluding carboxylic acids is 1. The molecule has 35 heavy (non-hydrogen) atoms. The summed E-state index contributed by atoms with van der Waals surface area (Å²) >= 11 is -1.84. The Morgan fingerprint density at radius 2 is 1.83 bits per heavy atom. The first kappa shape index (κ1) is 25.8. The van der Waals surface area contributed by atoms with E-state index < -0.39 is 88.7 Å². The topological polar surface area (TPSA) is 64.6 Å². The van der Waals surface area contributed by atoms with Crippen LogP contribution in [0.2, 0.25) is 0 Å². The maximum absolute atomic E-state index is 15.5. The third-order valence-corrected chi connectivity index (χ3v) is 7.27. The average Bonchev–Trinajstić information content (AvgIpc) is 3.02. The van der Waals surface area contributed by atoms with Crippen LogP contribution in [0, 0.1) is 23.3 Å². The molecule has 2 saturated heterocycles. The van der Waals surface area contributed by atoms with Crippen molar-refractivity contribution in [1.29, 1.82) is 0 Å². The number of carbonyl (C=O) groups is 1. The molecule has 190 valence electrons. The van der Waals surface area contributed by atoms with E-state index in [1.165, 1.54) is 19.1 Å². The number of amides is 1. The minimum Gasteiger partial charge on any atom is -0.598 e. The third-order valence-electron chi connectivity index (χ3n) is 6.23. The zero-order chi connectivity index (χ0) is 25.5. The lowest BCUT2D eigenvalue weighted by Gasteiger charge is -2.33. The molecule has 2 heterocycles. The van der Waals surface area contributed by atoms with Gasteiger partial charge in [-0.05, 0) is 31.0 Å². The summed E-state index contributed by atoms with van der Waals surface area (Å²) in [6, 6.07) is 2.19. The van der Waals surface area contributed by atoms with E-state index >= 15 is 4.39 Å². The lowest BCUT2D eigenvalue weighted by Crippen LogP contribution is -2.54. The molecular weight excluding hydrogens is 498 g/mol. The van der Waals surface area contributed by atoms with E-state index in [0.717, 1.165) is 17.0 Å². The van der Waals surface area contributed by atoms with E-state index in [-0.39, 0.29) is 11.3 Å². The van der Waals surface area contributed by atoms with Crippen molar-refractivity contribution in [3.63, 3.8) is 0 Å². The maximum atomic E-state index is 15.5. The molecule has 1 amide bonds. The Labute approximate surface area is 200 Å². The van der Waals surface area contributed by atoms with E-state index in [1.54, 1.807) is 0 Å². The van der Waals surface area contributed by atoms with Crippen molar-refractivity contribution in [3.8, 4) is 11.1 Å². The molecule has 2 aromatic rings. The molecule has 2 aliphatic heterocycles. The van der Waals surface area contributed by atoms with Crippen LogP contribution in [0.15, 0.2) is 30.3 Å². The van der Waals surface area contributed by atoms with Gasteiger partial charge in [0, 0.05) is 28.9 Å². The number of benzene rings is 2. The molecule has 4 atom stereocenters. The van der Waals surface area contributed by atoms with E-state index in [9.17, 15) is 31.3 Å². The molecule has 0 bridgehead atoms. The van der Waals surface area contributed by atoms with Crippen molar-refractivity contribution in [3.05, 3.63) is 59.2 Å². The highest BCUT2D eigenvalue weighted by Gasteiger charge is 2.58. The van der Waals surface area contributed by atoms with Gasteiger partial charge in [0.2, 0.25) is 0 Å². The molecule has 1 N–H and O–H groups in total. The number of ether oxygens (including phenoxy) is 1. The summed E-state index contributed by atoms with van der Waals surface area (Å²) in [4.78, 5) is 13.7. The van der Waals surface area contributed by atoms with Gasteiger partial charge >= 0.3 is 0 Å². The fourth-order valence-corrected chi connectivity index (χ4v) is 5.06. The van der Waals surface area contributed by atoms with Crippen LogP contribution in [-0.4, -0.2) is 58.4 Å². The summed E-state index contributed by atoms with van der Waals surface area (Å²) in [6.07, 6.45) is -0.972. The number of nitrogens with one attached hydrogen (secondary N) is 1. The number of rotatable bonds is 7. The normalized spacial score (nSPS) is 24.3. The van der Waals surface area contributed by atoms with Crippen LogP contribution < -0.4 is 4.72 Å². The lowest BCUT2D eigenvalue weighted by molar-refractivity contribution is -0.158. The molecule has 0 aromatic heterocycles. The largest absolute Gasteiger partial charge is 0.598 e. The zero-order valence-electron chi connectivity index (χ0n) is 18.5. The van der Waals surface area contributed by atoms with E-state index in [4.69, 9.17) is 4.74 Å². The molecule has 2 aliphatic rings. The second-order valence-electron chi connectivity index (χ2n) is 8.38. The Morgan fingerprint density at radius 3 is 2.46 bits per heavy atom. The Balaban J connectivity index is 1.71. The molecule has 0 saturated carbocycles. The number of hydrogen-bond acceptors (Lipinski definition) is 4.